The first kappa shape index (κ1) is 9.50. The Morgan fingerprint density at radius 2 is 2.20 bits per heavy atom. The van der Waals surface area contributed by atoms with Crippen LogP contribution in [0.25, 0.3) is 0 Å². The van der Waals surface area contributed by atoms with E-state index in [-0.39, 0.29) is 4.75 Å². The molecule has 0 aromatic rings. The molecule has 0 radical (unpaired) electrons. The first-order chi connectivity index (χ1) is 4.68. The zero-order valence-corrected chi connectivity index (χ0v) is 7.32. The van der Waals surface area contributed by atoms with Gasteiger partial charge in [-0.3, -0.25) is 4.99 Å². The highest BCUT2D eigenvalue weighted by molar-refractivity contribution is 8.00. The molecular weight excluding hydrogens is 142 g/mol. The number of nitrogens with zero attached hydrogens (tertiary/aromatic N) is 1. The van der Waals surface area contributed by atoms with Gasteiger partial charge < -0.3 is 0 Å². The van der Waals surface area contributed by atoms with Gasteiger partial charge in [-0.15, -0.1) is 6.58 Å². The summed E-state index contributed by atoms with van der Waals surface area (Å²) in [6.07, 6.45) is 7.59. The van der Waals surface area contributed by atoms with Crippen LogP contribution in [0.3, 0.4) is 0 Å². The van der Waals surface area contributed by atoms with Crippen LogP contribution in [0.15, 0.2) is 29.9 Å². The molecule has 0 rings (SSSR count). The maximum atomic E-state index is 3.72. The van der Waals surface area contributed by atoms with Gasteiger partial charge >= 0.3 is 0 Å². The number of hydrogen-bond acceptors (Lipinski definition) is 2. The summed E-state index contributed by atoms with van der Waals surface area (Å²) in [4.78, 5) is 3.62. The first-order valence-electron chi connectivity index (χ1n) is 3.01. The Balaban J connectivity index is 4.18. The van der Waals surface area contributed by atoms with Gasteiger partial charge in [0.15, 0.2) is 0 Å². The molecule has 0 amide bonds. The van der Waals surface area contributed by atoms with E-state index in [0.717, 1.165) is 0 Å². The SMILES string of the molecule is C=CC(C)(/C=C\N=C)SC. The first-order valence-corrected chi connectivity index (χ1v) is 4.23. The Morgan fingerprint density at radius 3 is 2.50 bits per heavy atom. The molecule has 0 fully saturated rings. The lowest BCUT2D eigenvalue weighted by molar-refractivity contribution is 1.01. The Labute approximate surface area is 66.9 Å². The molecule has 56 valence electrons. The fourth-order valence-electron chi connectivity index (χ4n) is 0.420. The quantitative estimate of drug-likeness (QED) is 0.449. The van der Waals surface area contributed by atoms with Gasteiger partial charge in [0.25, 0.3) is 0 Å². The summed E-state index contributed by atoms with van der Waals surface area (Å²) in [7, 11) is 0. The second-order valence-electron chi connectivity index (χ2n) is 2.09. The van der Waals surface area contributed by atoms with E-state index in [1.54, 1.807) is 18.0 Å². The molecule has 10 heavy (non-hydrogen) atoms. The third-order valence-corrected chi connectivity index (χ3v) is 2.54. The smallest absolute Gasteiger partial charge is 0.0502 e. The van der Waals surface area contributed by atoms with E-state index in [4.69, 9.17) is 0 Å². The van der Waals surface area contributed by atoms with Crippen LogP contribution in [0.4, 0.5) is 0 Å². The largest absolute Gasteiger partial charge is 0.273 e. The highest BCUT2D eigenvalue weighted by Crippen LogP contribution is 2.24. The second-order valence-corrected chi connectivity index (χ2v) is 3.38. The van der Waals surface area contributed by atoms with Crippen LogP contribution in [-0.2, 0) is 0 Å². The van der Waals surface area contributed by atoms with E-state index < -0.39 is 0 Å². The van der Waals surface area contributed by atoms with Gasteiger partial charge in [0.1, 0.15) is 0 Å². The predicted octanol–water partition coefficient (Wildman–Crippen LogP) is 2.51. The number of rotatable bonds is 4. The molecule has 1 unspecified atom stereocenters. The van der Waals surface area contributed by atoms with Gasteiger partial charge in [-0.1, -0.05) is 6.08 Å². The van der Waals surface area contributed by atoms with Gasteiger partial charge in [-0.25, -0.2) is 0 Å². The molecule has 0 saturated carbocycles. The van der Waals surface area contributed by atoms with Gasteiger partial charge in [0.05, 0.1) is 4.75 Å². The van der Waals surface area contributed by atoms with Crippen molar-refractivity contribution in [3.63, 3.8) is 0 Å². The molecule has 0 N–H and O–H groups in total. The van der Waals surface area contributed by atoms with Crippen molar-refractivity contribution in [2.24, 2.45) is 4.99 Å². The van der Waals surface area contributed by atoms with Crippen molar-refractivity contribution in [1.82, 2.24) is 0 Å². The van der Waals surface area contributed by atoms with Crippen molar-refractivity contribution in [3.05, 3.63) is 24.9 Å². The number of aliphatic imine (C=N–C) groups is 1. The molecule has 0 aliphatic rings. The molecule has 2 heteroatoms. The average molecular weight is 155 g/mol. The van der Waals surface area contributed by atoms with Crippen LogP contribution >= 0.6 is 11.8 Å². The molecule has 1 nitrogen and oxygen atoms in total. The summed E-state index contributed by atoms with van der Waals surface area (Å²) >= 11 is 1.72. The molecule has 0 aliphatic heterocycles. The minimum atomic E-state index is 0.00118. The lowest BCUT2D eigenvalue weighted by Gasteiger charge is -2.16. The van der Waals surface area contributed by atoms with Crippen LogP contribution in [-0.4, -0.2) is 17.7 Å². The number of thioether (sulfide) groups is 1. The highest BCUT2D eigenvalue weighted by atomic mass is 32.2. The maximum Gasteiger partial charge on any atom is 0.0502 e. The monoisotopic (exact) mass is 155 g/mol. The van der Waals surface area contributed by atoms with Gasteiger partial charge in [0, 0.05) is 6.20 Å². The Kier molecular flexibility index (Phi) is 4.12. The zero-order valence-electron chi connectivity index (χ0n) is 6.50. The minimum Gasteiger partial charge on any atom is -0.273 e. The van der Waals surface area contributed by atoms with Gasteiger partial charge in [-0.05, 0) is 26.0 Å². The molecule has 0 aromatic heterocycles. The van der Waals surface area contributed by atoms with Crippen molar-refractivity contribution < 1.29 is 0 Å². The molecule has 0 spiro atoms. The van der Waals surface area contributed by atoms with Crippen molar-refractivity contribution in [2.75, 3.05) is 6.26 Å². The lowest BCUT2D eigenvalue weighted by atomic mass is 10.2. The van der Waals surface area contributed by atoms with Gasteiger partial charge in [-0.2, -0.15) is 11.8 Å². The normalized spacial score (nSPS) is 16.6. The fourth-order valence-corrected chi connectivity index (χ4v) is 0.784. The van der Waals surface area contributed by atoms with Crippen LogP contribution in [0.5, 0.6) is 0 Å². The molecule has 0 saturated heterocycles. The maximum absolute atomic E-state index is 3.72. The summed E-state index contributed by atoms with van der Waals surface area (Å²) in [6.45, 7) is 9.15. The Morgan fingerprint density at radius 1 is 1.60 bits per heavy atom. The number of hydrogen-bond donors (Lipinski definition) is 0. The predicted molar refractivity (Wildman–Crippen MR) is 50.8 cm³/mol. The molecule has 0 aromatic carbocycles. The van der Waals surface area contributed by atoms with Crippen LogP contribution in [0.2, 0.25) is 0 Å². The fraction of sp³-hybridized carbons (Fsp3) is 0.375. The summed E-state index contributed by atoms with van der Waals surface area (Å²) in [5.41, 5.74) is 0. The third kappa shape index (κ3) is 2.87. The molecular formula is C8H13NS. The van der Waals surface area contributed by atoms with E-state index in [1.807, 2.05) is 18.4 Å². The summed E-state index contributed by atoms with van der Waals surface area (Å²) in [5, 5.41) is 0. The molecule has 0 heterocycles. The molecule has 0 aliphatic carbocycles. The molecule has 1 atom stereocenters. The standard InChI is InChI=1S/C8H13NS/c1-5-8(2,10-4)6-7-9-3/h5-7H,1,3H2,2,4H3/b7-6-. The third-order valence-electron chi connectivity index (χ3n) is 1.36. The minimum absolute atomic E-state index is 0.00118. The van der Waals surface area contributed by atoms with E-state index in [9.17, 15) is 0 Å². The Bertz CT molecular complexity index is 151. The van der Waals surface area contributed by atoms with E-state index >= 15 is 0 Å². The van der Waals surface area contributed by atoms with Crippen molar-refractivity contribution in [3.8, 4) is 0 Å². The van der Waals surface area contributed by atoms with Crippen LogP contribution in [0.1, 0.15) is 6.92 Å². The molecule has 0 bridgehead atoms. The average Bonchev–Trinajstić information content (AvgIpc) is 2.00. The van der Waals surface area contributed by atoms with Gasteiger partial charge in [0.2, 0.25) is 0 Å². The highest BCUT2D eigenvalue weighted by Gasteiger charge is 2.12. The zero-order chi connectivity index (χ0) is 8.04. The summed E-state index contributed by atoms with van der Waals surface area (Å²) < 4.78 is 0.00118. The van der Waals surface area contributed by atoms with Crippen molar-refractivity contribution in [2.45, 2.75) is 11.7 Å². The van der Waals surface area contributed by atoms with Crippen molar-refractivity contribution >= 4 is 18.5 Å². The topological polar surface area (TPSA) is 12.4 Å². The van der Waals surface area contributed by atoms with E-state index in [1.165, 1.54) is 0 Å². The van der Waals surface area contributed by atoms with Crippen LogP contribution < -0.4 is 0 Å². The summed E-state index contributed by atoms with van der Waals surface area (Å²) in [5.74, 6) is 0. The second kappa shape index (κ2) is 4.34. The lowest BCUT2D eigenvalue weighted by Crippen LogP contribution is -2.10. The van der Waals surface area contributed by atoms with E-state index in [0.29, 0.717) is 0 Å². The summed E-state index contributed by atoms with van der Waals surface area (Å²) in [6, 6.07) is 0. The van der Waals surface area contributed by atoms with E-state index in [2.05, 4.69) is 25.2 Å². The van der Waals surface area contributed by atoms with Crippen LogP contribution in [0, 0.1) is 0 Å². The van der Waals surface area contributed by atoms with Crippen molar-refractivity contribution in [1.29, 1.82) is 0 Å². The Hall–Kier alpha value is -0.500.